The molecule has 2 aromatic rings. The molecule has 0 unspecified atom stereocenters. The van der Waals surface area contributed by atoms with Crippen LogP contribution < -0.4 is 4.74 Å². The first-order chi connectivity index (χ1) is 12.9. The van der Waals surface area contributed by atoms with Gasteiger partial charge in [0.1, 0.15) is 12.4 Å². The highest BCUT2D eigenvalue weighted by molar-refractivity contribution is 5.66. The van der Waals surface area contributed by atoms with Crippen LogP contribution in [-0.2, 0) is 17.9 Å². The molecular weight excluding hydrogens is 338 g/mol. The highest BCUT2D eigenvalue weighted by Gasteiger charge is 2.10. The number of aliphatic carboxylic acids is 1. The number of carboxylic acid groups (broad SMARTS) is 1. The maximum atomic E-state index is 10.7. The Bertz CT molecular complexity index is 747. The Morgan fingerprint density at radius 3 is 2.37 bits per heavy atom. The molecule has 0 bridgehead atoms. The standard InChI is InChI=1S/C23H31NO3/c1-5-24(11-7-10-22(25)26)15-21-13-18(3)23(19(4)14-21)27-16-20-9-6-8-17(2)12-20/h6,8-9,12-14H,5,7,10-11,15-16H2,1-4H3,(H,25,26). The van der Waals surface area contributed by atoms with E-state index < -0.39 is 5.97 Å². The monoisotopic (exact) mass is 369 g/mol. The zero-order valence-electron chi connectivity index (χ0n) is 16.9. The second kappa shape index (κ2) is 10.1. The summed E-state index contributed by atoms with van der Waals surface area (Å²) in [4.78, 5) is 13.0. The third-order valence-electron chi connectivity index (χ3n) is 4.70. The van der Waals surface area contributed by atoms with Gasteiger partial charge < -0.3 is 9.84 Å². The van der Waals surface area contributed by atoms with E-state index in [9.17, 15) is 4.79 Å². The smallest absolute Gasteiger partial charge is 0.303 e. The van der Waals surface area contributed by atoms with Crippen LogP contribution in [0.3, 0.4) is 0 Å². The molecule has 2 aromatic carbocycles. The van der Waals surface area contributed by atoms with Crippen molar-refractivity contribution in [1.29, 1.82) is 0 Å². The Hall–Kier alpha value is -2.33. The number of aryl methyl sites for hydroxylation is 3. The molecule has 0 spiro atoms. The van der Waals surface area contributed by atoms with E-state index in [0.29, 0.717) is 13.0 Å². The number of ether oxygens (including phenoxy) is 1. The Morgan fingerprint density at radius 1 is 1.07 bits per heavy atom. The van der Waals surface area contributed by atoms with Crippen molar-refractivity contribution in [2.45, 2.75) is 53.7 Å². The van der Waals surface area contributed by atoms with Crippen LogP contribution in [-0.4, -0.2) is 29.1 Å². The first-order valence-corrected chi connectivity index (χ1v) is 9.61. The average molecular weight is 370 g/mol. The van der Waals surface area contributed by atoms with Crippen LogP contribution in [0.2, 0.25) is 0 Å². The summed E-state index contributed by atoms with van der Waals surface area (Å²) in [6.45, 7) is 11.5. The fraction of sp³-hybridized carbons (Fsp3) is 0.435. The maximum Gasteiger partial charge on any atom is 0.303 e. The van der Waals surface area contributed by atoms with Crippen molar-refractivity contribution in [2.75, 3.05) is 13.1 Å². The van der Waals surface area contributed by atoms with E-state index in [-0.39, 0.29) is 6.42 Å². The second-order valence-electron chi connectivity index (χ2n) is 7.20. The largest absolute Gasteiger partial charge is 0.488 e. The van der Waals surface area contributed by atoms with Crippen molar-refractivity contribution in [3.8, 4) is 5.75 Å². The van der Waals surface area contributed by atoms with Gasteiger partial charge in [-0.2, -0.15) is 0 Å². The summed E-state index contributed by atoms with van der Waals surface area (Å²) in [7, 11) is 0. The van der Waals surface area contributed by atoms with Gasteiger partial charge in [0.2, 0.25) is 0 Å². The zero-order chi connectivity index (χ0) is 19.8. The van der Waals surface area contributed by atoms with Gasteiger partial charge in [-0.1, -0.05) is 48.9 Å². The molecule has 0 aromatic heterocycles. The molecule has 0 radical (unpaired) electrons. The molecule has 0 saturated heterocycles. The summed E-state index contributed by atoms with van der Waals surface area (Å²) in [5.74, 6) is 0.224. The fourth-order valence-electron chi connectivity index (χ4n) is 3.38. The predicted octanol–water partition coefficient (Wildman–Crippen LogP) is 4.88. The highest BCUT2D eigenvalue weighted by Crippen LogP contribution is 2.26. The van der Waals surface area contributed by atoms with E-state index in [1.807, 2.05) is 0 Å². The molecule has 0 amide bonds. The van der Waals surface area contributed by atoms with E-state index in [2.05, 4.69) is 69.0 Å². The number of hydrogen-bond acceptors (Lipinski definition) is 3. The second-order valence-corrected chi connectivity index (χ2v) is 7.20. The lowest BCUT2D eigenvalue weighted by Gasteiger charge is -2.21. The molecule has 0 saturated carbocycles. The van der Waals surface area contributed by atoms with Crippen molar-refractivity contribution in [2.24, 2.45) is 0 Å². The van der Waals surface area contributed by atoms with Gasteiger partial charge in [0.15, 0.2) is 0 Å². The van der Waals surface area contributed by atoms with Crippen molar-refractivity contribution in [3.05, 3.63) is 64.2 Å². The number of carbonyl (C=O) groups is 1. The van der Waals surface area contributed by atoms with Crippen molar-refractivity contribution < 1.29 is 14.6 Å². The van der Waals surface area contributed by atoms with Crippen LogP contribution in [0.25, 0.3) is 0 Å². The topological polar surface area (TPSA) is 49.8 Å². The summed E-state index contributed by atoms with van der Waals surface area (Å²) in [6, 6.07) is 12.7. The number of benzene rings is 2. The van der Waals surface area contributed by atoms with Crippen molar-refractivity contribution in [3.63, 3.8) is 0 Å². The van der Waals surface area contributed by atoms with E-state index in [0.717, 1.165) is 36.5 Å². The van der Waals surface area contributed by atoms with Crippen LogP contribution >= 0.6 is 0 Å². The van der Waals surface area contributed by atoms with Gasteiger partial charge >= 0.3 is 5.97 Å². The Kier molecular flexibility index (Phi) is 7.86. The Balaban J connectivity index is 2.01. The number of carboxylic acids is 1. The first-order valence-electron chi connectivity index (χ1n) is 9.61. The summed E-state index contributed by atoms with van der Waals surface area (Å²) < 4.78 is 6.11. The lowest BCUT2D eigenvalue weighted by atomic mass is 10.0. The van der Waals surface area contributed by atoms with E-state index >= 15 is 0 Å². The van der Waals surface area contributed by atoms with Crippen LogP contribution in [0.5, 0.6) is 5.75 Å². The van der Waals surface area contributed by atoms with E-state index in [4.69, 9.17) is 9.84 Å². The molecule has 0 aliphatic rings. The average Bonchev–Trinajstić information content (AvgIpc) is 2.60. The summed E-state index contributed by atoms with van der Waals surface area (Å²) in [5, 5.41) is 8.81. The third kappa shape index (κ3) is 6.72. The van der Waals surface area contributed by atoms with Gasteiger partial charge in [-0.15, -0.1) is 0 Å². The molecule has 2 rings (SSSR count). The molecule has 0 atom stereocenters. The SMILES string of the molecule is CCN(CCCC(=O)O)Cc1cc(C)c(OCc2cccc(C)c2)c(C)c1. The van der Waals surface area contributed by atoms with Crippen LogP contribution in [0.1, 0.15) is 47.6 Å². The predicted molar refractivity (Wildman–Crippen MR) is 109 cm³/mol. The van der Waals surface area contributed by atoms with Crippen molar-refractivity contribution in [1.82, 2.24) is 4.90 Å². The maximum absolute atomic E-state index is 10.7. The first kappa shape index (κ1) is 21.0. The van der Waals surface area contributed by atoms with E-state index in [1.165, 1.54) is 16.7 Å². The quantitative estimate of drug-likeness (QED) is 0.649. The van der Waals surface area contributed by atoms with Crippen LogP contribution in [0.4, 0.5) is 0 Å². The van der Waals surface area contributed by atoms with Crippen LogP contribution in [0, 0.1) is 20.8 Å². The number of rotatable bonds is 10. The highest BCUT2D eigenvalue weighted by atomic mass is 16.5. The molecular formula is C23H31NO3. The van der Waals surface area contributed by atoms with Crippen molar-refractivity contribution >= 4 is 5.97 Å². The van der Waals surface area contributed by atoms with E-state index in [1.54, 1.807) is 0 Å². The van der Waals surface area contributed by atoms with Gasteiger partial charge in [-0.3, -0.25) is 9.69 Å². The molecule has 4 nitrogen and oxygen atoms in total. The molecule has 0 fully saturated rings. The van der Waals surface area contributed by atoms with Gasteiger partial charge in [-0.25, -0.2) is 0 Å². The Morgan fingerprint density at radius 2 is 1.78 bits per heavy atom. The fourth-order valence-corrected chi connectivity index (χ4v) is 3.38. The minimum absolute atomic E-state index is 0.223. The molecule has 0 heterocycles. The van der Waals surface area contributed by atoms with Gasteiger partial charge in [-0.05, 0) is 62.5 Å². The molecule has 146 valence electrons. The molecule has 4 heteroatoms. The molecule has 27 heavy (non-hydrogen) atoms. The number of nitrogens with zero attached hydrogens (tertiary/aromatic N) is 1. The molecule has 1 N–H and O–H groups in total. The van der Waals surface area contributed by atoms with Gasteiger partial charge in [0.25, 0.3) is 0 Å². The normalized spacial score (nSPS) is 11.0. The van der Waals surface area contributed by atoms with Gasteiger partial charge in [0, 0.05) is 13.0 Å². The summed E-state index contributed by atoms with van der Waals surface area (Å²) >= 11 is 0. The van der Waals surface area contributed by atoms with Crippen LogP contribution in [0.15, 0.2) is 36.4 Å². The lowest BCUT2D eigenvalue weighted by molar-refractivity contribution is -0.137. The lowest BCUT2D eigenvalue weighted by Crippen LogP contribution is -2.24. The molecule has 0 aliphatic heterocycles. The number of hydrogen-bond donors (Lipinski definition) is 1. The zero-order valence-corrected chi connectivity index (χ0v) is 16.9. The third-order valence-corrected chi connectivity index (χ3v) is 4.70. The minimum Gasteiger partial charge on any atom is -0.488 e. The van der Waals surface area contributed by atoms with Gasteiger partial charge in [0.05, 0.1) is 0 Å². The summed E-state index contributed by atoms with van der Waals surface area (Å²) in [5.41, 5.74) is 5.93. The Labute approximate surface area is 162 Å². The minimum atomic E-state index is -0.729. The molecule has 0 aliphatic carbocycles. The summed E-state index contributed by atoms with van der Waals surface area (Å²) in [6.07, 6.45) is 0.902.